The molecule has 0 saturated carbocycles. The molecule has 0 aromatic heterocycles. The van der Waals surface area contributed by atoms with Crippen LogP contribution in [0, 0.1) is 0 Å². The fraction of sp³-hybridized carbons (Fsp3) is 0.273. The number of hydrogen-bond donors (Lipinski definition) is 0. The van der Waals surface area contributed by atoms with Gasteiger partial charge in [0.15, 0.2) is 0 Å². The Labute approximate surface area is 103 Å². The Hall–Kier alpha value is -1.00. The standard InChI is InChI=1S/C11H11ClO3S/c1-2-15-10(13)7-16-11(14)8-5-3-4-6-9(8)12/h3-6H,2,7H2,1H3. The fourth-order valence-electron chi connectivity index (χ4n) is 1.03. The van der Waals surface area contributed by atoms with Gasteiger partial charge in [0.1, 0.15) is 0 Å². The monoisotopic (exact) mass is 258 g/mol. The van der Waals surface area contributed by atoms with E-state index in [2.05, 4.69) is 0 Å². The average Bonchev–Trinajstić information content (AvgIpc) is 2.27. The highest BCUT2D eigenvalue weighted by atomic mass is 35.5. The minimum Gasteiger partial charge on any atom is -0.465 e. The van der Waals surface area contributed by atoms with Crippen molar-refractivity contribution in [1.82, 2.24) is 0 Å². The largest absolute Gasteiger partial charge is 0.465 e. The summed E-state index contributed by atoms with van der Waals surface area (Å²) >= 11 is 6.74. The Balaban J connectivity index is 2.54. The number of halogens is 1. The van der Waals surface area contributed by atoms with Gasteiger partial charge in [0.2, 0.25) is 5.12 Å². The third-order valence-electron chi connectivity index (χ3n) is 1.72. The van der Waals surface area contributed by atoms with E-state index in [0.29, 0.717) is 17.2 Å². The van der Waals surface area contributed by atoms with Gasteiger partial charge in [-0.1, -0.05) is 35.5 Å². The normalized spacial score (nSPS) is 9.88. The molecule has 0 fully saturated rings. The summed E-state index contributed by atoms with van der Waals surface area (Å²) in [7, 11) is 0. The summed E-state index contributed by atoms with van der Waals surface area (Å²) in [6.45, 7) is 2.04. The van der Waals surface area contributed by atoms with Crippen LogP contribution in [0.3, 0.4) is 0 Å². The van der Waals surface area contributed by atoms with E-state index in [9.17, 15) is 9.59 Å². The second-order valence-corrected chi connectivity index (χ2v) is 4.22. The van der Waals surface area contributed by atoms with Crippen LogP contribution >= 0.6 is 23.4 Å². The molecule has 86 valence electrons. The van der Waals surface area contributed by atoms with E-state index in [1.807, 2.05) is 0 Å². The van der Waals surface area contributed by atoms with E-state index >= 15 is 0 Å². The molecule has 0 atom stereocenters. The molecular weight excluding hydrogens is 248 g/mol. The number of carbonyl (C=O) groups excluding carboxylic acids is 2. The molecule has 0 heterocycles. The number of hydrogen-bond acceptors (Lipinski definition) is 4. The second kappa shape index (κ2) is 6.55. The van der Waals surface area contributed by atoms with Crippen LogP contribution in [-0.4, -0.2) is 23.4 Å². The molecule has 0 saturated heterocycles. The minimum absolute atomic E-state index is 0.0118. The Morgan fingerprint density at radius 2 is 2.06 bits per heavy atom. The van der Waals surface area contributed by atoms with Crippen LogP contribution < -0.4 is 0 Å². The zero-order valence-corrected chi connectivity index (χ0v) is 10.3. The molecule has 3 nitrogen and oxygen atoms in total. The van der Waals surface area contributed by atoms with E-state index in [4.69, 9.17) is 16.3 Å². The Morgan fingerprint density at radius 1 is 1.38 bits per heavy atom. The lowest BCUT2D eigenvalue weighted by molar-refractivity contribution is -0.139. The molecule has 1 aromatic rings. The van der Waals surface area contributed by atoms with E-state index in [1.165, 1.54) is 0 Å². The lowest BCUT2D eigenvalue weighted by Crippen LogP contribution is -2.09. The maximum atomic E-state index is 11.6. The van der Waals surface area contributed by atoms with Crippen molar-refractivity contribution in [2.75, 3.05) is 12.4 Å². The fourth-order valence-corrected chi connectivity index (χ4v) is 1.97. The van der Waals surface area contributed by atoms with Crippen LogP contribution in [0.2, 0.25) is 5.02 Å². The zero-order valence-electron chi connectivity index (χ0n) is 8.73. The third-order valence-corrected chi connectivity index (χ3v) is 2.91. The Kier molecular flexibility index (Phi) is 5.35. The number of esters is 1. The van der Waals surface area contributed by atoms with Crippen molar-refractivity contribution < 1.29 is 14.3 Å². The molecule has 1 aromatic carbocycles. The van der Waals surface area contributed by atoms with Gasteiger partial charge in [0.05, 0.1) is 17.4 Å². The van der Waals surface area contributed by atoms with Crippen molar-refractivity contribution in [3.05, 3.63) is 34.9 Å². The number of benzene rings is 1. The predicted molar refractivity (Wildman–Crippen MR) is 64.9 cm³/mol. The quantitative estimate of drug-likeness (QED) is 0.779. The molecule has 0 bridgehead atoms. The van der Waals surface area contributed by atoms with Gasteiger partial charge < -0.3 is 4.74 Å². The van der Waals surface area contributed by atoms with E-state index in [0.717, 1.165) is 11.8 Å². The summed E-state index contributed by atoms with van der Waals surface area (Å²) in [5.74, 6) is -0.384. The first kappa shape index (κ1) is 13.1. The lowest BCUT2D eigenvalue weighted by atomic mass is 10.2. The van der Waals surface area contributed by atoms with Crippen molar-refractivity contribution in [2.45, 2.75) is 6.92 Å². The van der Waals surface area contributed by atoms with Gasteiger partial charge in [-0.2, -0.15) is 0 Å². The van der Waals surface area contributed by atoms with E-state index in [1.54, 1.807) is 31.2 Å². The maximum absolute atomic E-state index is 11.6. The highest BCUT2D eigenvalue weighted by Crippen LogP contribution is 2.20. The zero-order chi connectivity index (χ0) is 12.0. The van der Waals surface area contributed by atoms with E-state index in [-0.39, 0.29) is 10.9 Å². The topological polar surface area (TPSA) is 43.4 Å². The minimum atomic E-state index is -0.395. The van der Waals surface area contributed by atoms with Crippen molar-refractivity contribution in [2.24, 2.45) is 0 Å². The Bertz CT molecular complexity index is 393. The number of rotatable bonds is 4. The molecule has 0 N–H and O–H groups in total. The predicted octanol–water partition coefficient (Wildman–Crippen LogP) is 2.78. The van der Waals surface area contributed by atoms with Gasteiger partial charge in [-0.15, -0.1) is 0 Å². The van der Waals surface area contributed by atoms with Gasteiger partial charge in [-0.25, -0.2) is 0 Å². The molecule has 0 aliphatic rings. The van der Waals surface area contributed by atoms with Crippen LogP contribution in [0.5, 0.6) is 0 Å². The van der Waals surface area contributed by atoms with Crippen LogP contribution in [0.15, 0.2) is 24.3 Å². The summed E-state index contributed by atoms with van der Waals surface area (Å²) in [5.41, 5.74) is 0.415. The number of carbonyl (C=O) groups is 2. The van der Waals surface area contributed by atoms with E-state index < -0.39 is 5.97 Å². The first-order chi connectivity index (χ1) is 7.65. The highest BCUT2D eigenvalue weighted by Gasteiger charge is 2.12. The molecule has 1 rings (SSSR count). The summed E-state index contributed by atoms with van der Waals surface area (Å²) in [6.07, 6.45) is 0. The van der Waals surface area contributed by atoms with Crippen LogP contribution in [-0.2, 0) is 9.53 Å². The van der Waals surface area contributed by atoms with Crippen LogP contribution in [0.1, 0.15) is 17.3 Å². The van der Waals surface area contributed by atoms with Crippen LogP contribution in [0.4, 0.5) is 0 Å². The number of thioether (sulfide) groups is 1. The molecule has 0 spiro atoms. The molecule has 0 radical (unpaired) electrons. The maximum Gasteiger partial charge on any atom is 0.316 e. The average molecular weight is 259 g/mol. The molecule has 0 amide bonds. The molecular formula is C11H11ClO3S. The van der Waals surface area contributed by atoms with Gasteiger partial charge in [0.25, 0.3) is 0 Å². The van der Waals surface area contributed by atoms with Crippen molar-refractivity contribution in [3.63, 3.8) is 0 Å². The van der Waals surface area contributed by atoms with Gasteiger partial charge >= 0.3 is 5.97 Å². The Morgan fingerprint density at radius 3 is 2.69 bits per heavy atom. The first-order valence-electron chi connectivity index (χ1n) is 4.72. The summed E-state index contributed by atoms with van der Waals surface area (Å²) in [4.78, 5) is 22.7. The molecule has 0 aliphatic carbocycles. The molecule has 16 heavy (non-hydrogen) atoms. The molecule has 0 aliphatic heterocycles. The number of ether oxygens (including phenoxy) is 1. The smallest absolute Gasteiger partial charge is 0.316 e. The summed E-state index contributed by atoms with van der Waals surface area (Å²) < 4.78 is 4.71. The molecule has 0 unspecified atom stereocenters. The first-order valence-corrected chi connectivity index (χ1v) is 6.08. The van der Waals surface area contributed by atoms with Gasteiger partial charge in [-0.3, -0.25) is 9.59 Å². The lowest BCUT2D eigenvalue weighted by Gasteiger charge is -2.02. The summed E-state index contributed by atoms with van der Waals surface area (Å²) in [6, 6.07) is 6.74. The summed E-state index contributed by atoms with van der Waals surface area (Å²) in [5, 5.41) is 0.169. The van der Waals surface area contributed by atoms with Crippen molar-refractivity contribution >= 4 is 34.4 Å². The SMILES string of the molecule is CCOC(=O)CSC(=O)c1ccccc1Cl. The van der Waals surface area contributed by atoms with Gasteiger partial charge in [-0.05, 0) is 19.1 Å². The van der Waals surface area contributed by atoms with Crippen LogP contribution in [0.25, 0.3) is 0 Å². The van der Waals surface area contributed by atoms with Gasteiger partial charge in [0, 0.05) is 5.56 Å². The highest BCUT2D eigenvalue weighted by molar-refractivity contribution is 8.14. The molecule has 5 heteroatoms. The second-order valence-electron chi connectivity index (χ2n) is 2.86. The van der Waals surface area contributed by atoms with Crippen molar-refractivity contribution in [1.29, 1.82) is 0 Å². The third kappa shape index (κ3) is 3.87. The van der Waals surface area contributed by atoms with Crippen molar-refractivity contribution in [3.8, 4) is 0 Å².